The number of rotatable bonds is 7. The number of nitrogens with zero attached hydrogens (tertiary/aromatic N) is 1. The summed E-state index contributed by atoms with van der Waals surface area (Å²) in [7, 11) is 5.59. The van der Waals surface area contributed by atoms with Crippen LogP contribution in [0.1, 0.15) is 10.4 Å². The summed E-state index contributed by atoms with van der Waals surface area (Å²) in [5.41, 5.74) is 0.527. The lowest BCUT2D eigenvalue weighted by molar-refractivity contribution is -0.118. The van der Waals surface area contributed by atoms with Crippen molar-refractivity contribution in [2.75, 3.05) is 45.2 Å². The van der Waals surface area contributed by atoms with E-state index in [1.165, 1.54) is 40.6 Å². The molecule has 0 radical (unpaired) electrons. The Hall–Kier alpha value is -3.46. The molecule has 2 amide bonds. The number of carbonyl (C=O) groups excluding carboxylic acids is 3. The minimum Gasteiger partial charge on any atom is -0.495 e. The summed E-state index contributed by atoms with van der Waals surface area (Å²) in [6, 6.07) is 6.17. The van der Waals surface area contributed by atoms with Gasteiger partial charge in [-0.2, -0.15) is 0 Å². The average Bonchev–Trinajstić information content (AvgIpc) is 2.96. The summed E-state index contributed by atoms with van der Waals surface area (Å²) in [6.45, 7) is -0.425. The van der Waals surface area contributed by atoms with Crippen LogP contribution in [0.4, 0.5) is 11.4 Å². The van der Waals surface area contributed by atoms with E-state index in [-0.39, 0.29) is 28.5 Å². The van der Waals surface area contributed by atoms with Gasteiger partial charge in [-0.3, -0.25) is 19.3 Å². The summed E-state index contributed by atoms with van der Waals surface area (Å²) >= 11 is 5.98. The van der Waals surface area contributed by atoms with Crippen molar-refractivity contribution in [2.24, 2.45) is 0 Å². The van der Waals surface area contributed by atoms with Crippen LogP contribution < -0.4 is 29.2 Å². The number of hydrogen-bond acceptors (Lipinski definition) is 7. The van der Waals surface area contributed by atoms with Crippen molar-refractivity contribution < 1.29 is 33.3 Å². The molecule has 0 atom stereocenters. The highest BCUT2D eigenvalue weighted by atomic mass is 35.5. The maximum absolute atomic E-state index is 12.6. The molecule has 0 aromatic heterocycles. The Balaban J connectivity index is 1.96. The Bertz CT molecular complexity index is 1040. The summed E-state index contributed by atoms with van der Waals surface area (Å²) < 4.78 is 21.0. The van der Waals surface area contributed by atoms with Crippen molar-refractivity contribution in [3.8, 4) is 23.0 Å². The maximum Gasteiger partial charge on any atom is 0.300 e. The van der Waals surface area contributed by atoms with Crippen molar-refractivity contribution >= 4 is 40.6 Å². The average molecular weight is 435 g/mol. The van der Waals surface area contributed by atoms with Gasteiger partial charge in [0.15, 0.2) is 11.5 Å². The Kier molecular flexibility index (Phi) is 6.02. The fraction of sp³-hybridized carbons (Fsp3) is 0.250. The topological polar surface area (TPSA) is 103 Å². The SMILES string of the molecule is COc1ccc(Cl)cc1NC(=O)CN1C(=O)C(=O)c2c1cc(OC)c(OC)c2OC. The van der Waals surface area contributed by atoms with Gasteiger partial charge in [-0.15, -0.1) is 0 Å². The van der Waals surface area contributed by atoms with Crippen LogP contribution in [0, 0.1) is 0 Å². The van der Waals surface area contributed by atoms with Crippen LogP contribution in [0.15, 0.2) is 24.3 Å². The predicted octanol–water partition coefficient (Wildman–Crippen LogP) is 2.54. The molecule has 0 aliphatic carbocycles. The Morgan fingerprint density at radius 1 is 0.967 bits per heavy atom. The molecular formula is C20H19ClN2O7. The first-order valence-electron chi connectivity index (χ1n) is 8.68. The molecule has 1 heterocycles. The number of ketones is 1. The number of carbonyl (C=O) groups is 3. The number of benzene rings is 2. The highest BCUT2D eigenvalue weighted by Gasteiger charge is 2.42. The van der Waals surface area contributed by atoms with Gasteiger partial charge in [0.1, 0.15) is 12.3 Å². The Morgan fingerprint density at radius 2 is 1.63 bits per heavy atom. The highest BCUT2D eigenvalue weighted by Crippen LogP contribution is 2.48. The highest BCUT2D eigenvalue weighted by molar-refractivity contribution is 6.53. The van der Waals surface area contributed by atoms with E-state index >= 15 is 0 Å². The quantitative estimate of drug-likeness (QED) is 0.668. The number of halogens is 1. The standard InChI is InChI=1S/C20H19ClN2O7/c1-27-13-6-5-10(21)7-11(13)22-15(24)9-23-12-8-14(28-2)18(29-3)19(30-4)16(12)17(25)20(23)26/h5-8H,9H2,1-4H3,(H,22,24). The lowest BCUT2D eigenvalue weighted by atomic mass is 10.1. The third-order valence-corrected chi connectivity index (χ3v) is 4.74. The molecule has 1 aliphatic rings. The van der Waals surface area contributed by atoms with E-state index in [9.17, 15) is 14.4 Å². The van der Waals surface area contributed by atoms with Crippen molar-refractivity contribution in [3.05, 3.63) is 34.9 Å². The molecule has 0 fully saturated rings. The van der Waals surface area contributed by atoms with Crippen molar-refractivity contribution in [1.82, 2.24) is 0 Å². The summed E-state index contributed by atoms with van der Waals surface area (Å²) in [5, 5.41) is 3.03. The second-order valence-corrected chi connectivity index (χ2v) is 6.59. The lowest BCUT2D eigenvalue weighted by Crippen LogP contribution is -2.37. The number of ether oxygens (including phenoxy) is 4. The summed E-state index contributed by atoms with van der Waals surface area (Å²) in [6.07, 6.45) is 0. The molecule has 1 N–H and O–H groups in total. The molecule has 0 unspecified atom stereocenters. The maximum atomic E-state index is 12.6. The van der Waals surface area contributed by atoms with E-state index in [1.54, 1.807) is 12.1 Å². The second-order valence-electron chi connectivity index (χ2n) is 6.15. The molecule has 158 valence electrons. The van der Waals surface area contributed by atoms with E-state index in [2.05, 4.69) is 5.32 Å². The first-order valence-corrected chi connectivity index (χ1v) is 9.06. The molecule has 1 aliphatic heterocycles. The summed E-state index contributed by atoms with van der Waals surface area (Å²) in [5.74, 6) is -1.36. The van der Waals surface area contributed by atoms with Gasteiger partial charge < -0.3 is 24.3 Å². The number of Topliss-reactive ketones (excluding diaryl/α,β-unsaturated/α-hetero) is 1. The van der Waals surface area contributed by atoms with E-state index in [4.69, 9.17) is 30.5 Å². The predicted molar refractivity (Wildman–Crippen MR) is 109 cm³/mol. The minimum absolute atomic E-state index is 0.00767. The zero-order chi connectivity index (χ0) is 22.0. The van der Waals surface area contributed by atoms with Crippen LogP contribution in [0.25, 0.3) is 0 Å². The molecule has 0 spiro atoms. The first kappa shape index (κ1) is 21.3. The zero-order valence-electron chi connectivity index (χ0n) is 16.7. The molecule has 9 nitrogen and oxygen atoms in total. The lowest BCUT2D eigenvalue weighted by Gasteiger charge is -2.19. The van der Waals surface area contributed by atoms with E-state index in [0.29, 0.717) is 16.5 Å². The van der Waals surface area contributed by atoms with Gasteiger partial charge in [-0.05, 0) is 18.2 Å². The molecule has 30 heavy (non-hydrogen) atoms. The molecule has 2 aromatic rings. The van der Waals surface area contributed by atoms with Gasteiger partial charge in [-0.25, -0.2) is 0 Å². The normalized spacial score (nSPS) is 12.5. The van der Waals surface area contributed by atoms with Gasteiger partial charge in [0.2, 0.25) is 11.7 Å². The Morgan fingerprint density at radius 3 is 2.23 bits per heavy atom. The third-order valence-electron chi connectivity index (χ3n) is 4.50. The van der Waals surface area contributed by atoms with Gasteiger partial charge in [0.25, 0.3) is 11.7 Å². The minimum atomic E-state index is -0.869. The van der Waals surface area contributed by atoms with Crippen molar-refractivity contribution in [3.63, 3.8) is 0 Å². The van der Waals surface area contributed by atoms with Gasteiger partial charge in [0, 0.05) is 11.1 Å². The number of nitrogens with one attached hydrogen (secondary N) is 1. The van der Waals surface area contributed by atoms with Crippen LogP contribution in [0.2, 0.25) is 5.02 Å². The molecule has 0 bridgehead atoms. The number of amides is 2. The van der Waals surface area contributed by atoms with Crippen LogP contribution in [-0.2, 0) is 9.59 Å². The van der Waals surface area contributed by atoms with E-state index in [0.717, 1.165) is 4.90 Å². The molecule has 0 saturated heterocycles. The van der Waals surface area contributed by atoms with Crippen molar-refractivity contribution in [1.29, 1.82) is 0 Å². The van der Waals surface area contributed by atoms with E-state index in [1.807, 2.05) is 0 Å². The van der Waals surface area contributed by atoms with Crippen LogP contribution in [0.3, 0.4) is 0 Å². The third kappa shape index (κ3) is 3.59. The van der Waals surface area contributed by atoms with Gasteiger partial charge in [0.05, 0.1) is 45.4 Å². The number of hydrogen-bond donors (Lipinski definition) is 1. The second kappa shape index (κ2) is 8.50. The monoisotopic (exact) mass is 434 g/mol. The number of anilines is 2. The molecule has 0 saturated carbocycles. The fourth-order valence-electron chi connectivity index (χ4n) is 3.18. The van der Waals surface area contributed by atoms with Crippen LogP contribution in [0.5, 0.6) is 23.0 Å². The Labute approximate surface area is 177 Å². The number of methoxy groups -OCH3 is 4. The molecule has 10 heteroatoms. The molecule has 3 rings (SSSR count). The van der Waals surface area contributed by atoms with E-state index < -0.39 is 24.1 Å². The summed E-state index contributed by atoms with van der Waals surface area (Å²) in [4.78, 5) is 38.9. The van der Waals surface area contributed by atoms with Gasteiger partial charge >= 0.3 is 0 Å². The molecular weight excluding hydrogens is 416 g/mol. The zero-order valence-corrected chi connectivity index (χ0v) is 17.5. The molecule has 2 aromatic carbocycles. The fourth-order valence-corrected chi connectivity index (χ4v) is 3.35. The largest absolute Gasteiger partial charge is 0.495 e. The number of fused-ring (bicyclic) bond motifs is 1. The van der Waals surface area contributed by atoms with Crippen LogP contribution >= 0.6 is 11.6 Å². The first-order chi connectivity index (χ1) is 14.4. The van der Waals surface area contributed by atoms with Crippen LogP contribution in [-0.4, -0.2) is 52.6 Å². The van der Waals surface area contributed by atoms with Gasteiger partial charge in [-0.1, -0.05) is 11.6 Å². The van der Waals surface area contributed by atoms with Crippen molar-refractivity contribution in [2.45, 2.75) is 0 Å². The smallest absolute Gasteiger partial charge is 0.300 e.